The summed E-state index contributed by atoms with van der Waals surface area (Å²) in [6, 6.07) is 0. The number of ether oxygens (including phenoxy) is 1. The van der Waals surface area contributed by atoms with Crippen molar-refractivity contribution in [2.24, 2.45) is 10.6 Å². The minimum atomic E-state index is -3.35. The summed E-state index contributed by atoms with van der Waals surface area (Å²) in [4.78, 5) is 0. The molecule has 0 aliphatic carbocycles. The van der Waals surface area contributed by atoms with Crippen LogP contribution in [0.25, 0.3) is 0 Å². The molecule has 4 nitrogen and oxygen atoms in total. The number of sulfonamides is 1. The molecule has 1 fully saturated rings. The van der Waals surface area contributed by atoms with E-state index in [0.29, 0.717) is 13.2 Å². The Hall–Kier alpha value is -0.130. The van der Waals surface area contributed by atoms with Gasteiger partial charge in [-0.05, 0) is 24.7 Å². The molecule has 2 N–H and O–H groups in total. The smallest absolute Gasteiger partial charge is 0.209 e. The van der Waals surface area contributed by atoms with Gasteiger partial charge in [0.05, 0.1) is 5.75 Å². The van der Waals surface area contributed by atoms with Gasteiger partial charge in [-0.1, -0.05) is 6.92 Å². The maximum absolute atomic E-state index is 11.0. The fourth-order valence-electron chi connectivity index (χ4n) is 1.83. The van der Waals surface area contributed by atoms with Gasteiger partial charge in [0, 0.05) is 13.2 Å². The van der Waals surface area contributed by atoms with E-state index in [1.165, 1.54) is 0 Å². The van der Waals surface area contributed by atoms with Crippen molar-refractivity contribution >= 4 is 10.0 Å². The number of hydrogen-bond donors (Lipinski definition) is 1. The summed E-state index contributed by atoms with van der Waals surface area (Å²) in [5.74, 6) is 0.0971. The average Bonchev–Trinajstić information content (AvgIpc) is 2.03. The van der Waals surface area contributed by atoms with Crippen LogP contribution in [0.3, 0.4) is 0 Å². The van der Waals surface area contributed by atoms with E-state index in [9.17, 15) is 8.42 Å². The summed E-state index contributed by atoms with van der Waals surface area (Å²) in [6.07, 6.45) is 2.46. The SMILES string of the molecule is CCC1(CS(N)(=O)=O)CCOCC1. The molecule has 1 heterocycles. The van der Waals surface area contributed by atoms with Crippen molar-refractivity contribution in [3.8, 4) is 0 Å². The molecule has 0 bridgehead atoms. The Balaban J connectivity index is 2.68. The molecule has 1 aliphatic heterocycles. The maximum Gasteiger partial charge on any atom is 0.209 e. The third-order valence-electron chi connectivity index (χ3n) is 2.81. The lowest BCUT2D eigenvalue weighted by atomic mass is 9.80. The minimum Gasteiger partial charge on any atom is -0.381 e. The van der Waals surface area contributed by atoms with Gasteiger partial charge in [-0.3, -0.25) is 0 Å². The van der Waals surface area contributed by atoms with Crippen molar-refractivity contribution in [1.29, 1.82) is 0 Å². The predicted octanol–water partition coefficient (Wildman–Crippen LogP) is 0.482. The number of rotatable bonds is 3. The molecule has 0 amide bonds. The predicted molar refractivity (Wildman–Crippen MR) is 50.8 cm³/mol. The van der Waals surface area contributed by atoms with Crippen LogP contribution in [-0.4, -0.2) is 27.4 Å². The van der Waals surface area contributed by atoms with Crippen molar-refractivity contribution in [3.05, 3.63) is 0 Å². The molecule has 0 spiro atoms. The third-order valence-corrected chi connectivity index (χ3v) is 3.83. The second kappa shape index (κ2) is 3.94. The lowest BCUT2D eigenvalue weighted by molar-refractivity contribution is 0.0237. The van der Waals surface area contributed by atoms with Crippen LogP contribution >= 0.6 is 0 Å². The quantitative estimate of drug-likeness (QED) is 0.732. The van der Waals surface area contributed by atoms with Crippen LogP contribution in [-0.2, 0) is 14.8 Å². The first-order chi connectivity index (χ1) is 5.97. The monoisotopic (exact) mass is 207 g/mol. The minimum absolute atomic E-state index is 0.0971. The topological polar surface area (TPSA) is 69.4 Å². The summed E-state index contributed by atoms with van der Waals surface area (Å²) in [5.41, 5.74) is -0.133. The highest BCUT2D eigenvalue weighted by atomic mass is 32.2. The van der Waals surface area contributed by atoms with Gasteiger partial charge < -0.3 is 4.74 Å². The Morgan fingerprint density at radius 2 is 1.92 bits per heavy atom. The van der Waals surface area contributed by atoms with Crippen LogP contribution in [0.2, 0.25) is 0 Å². The van der Waals surface area contributed by atoms with Gasteiger partial charge in [-0.25, -0.2) is 13.6 Å². The molecule has 0 aromatic heterocycles. The first-order valence-electron chi connectivity index (χ1n) is 4.56. The Kier molecular flexibility index (Phi) is 3.32. The van der Waals surface area contributed by atoms with Crippen molar-refractivity contribution in [2.75, 3.05) is 19.0 Å². The van der Waals surface area contributed by atoms with Crippen molar-refractivity contribution in [2.45, 2.75) is 26.2 Å². The van der Waals surface area contributed by atoms with Gasteiger partial charge in [-0.15, -0.1) is 0 Å². The molecule has 0 aromatic carbocycles. The third kappa shape index (κ3) is 3.25. The number of primary sulfonamides is 1. The zero-order valence-electron chi connectivity index (χ0n) is 7.95. The van der Waals surface area contributed by atoms with E-state index in [1.807, 2.05) is 6.92 Å². The van der Waals surface area contributed by atoms with E-state index in [2.05, 4.69) is 0 Å². The first-order valence-corrected chi connectivity index (χ1v) is 6.27. The fourth-order valence-corrected chi connectivity index (χ4v) is 3.18. The van der Waals surface area contributed by atoms with E-state index < -0.39 is 10.0 Å². The Morgan fingerprint density at radius 3 is 2.31 bits per heavy atom. The van der Waals surface area contributed by atoms with Gasteiger partial charge >= 0.3 is 0 Å². The molecule has 78 valence electrons. The second-order valence-electron chi connectivity index (χ2n) is 3.77. The Labute approximate surface area is 79.5 Å². The van der Waals surface area contributed by atoms with E-state index in [1.54, 1.807) is 0 Å². The maximum atomic E-state index is 11.0. The second-order valence-corrected chi connectivity index (χ2v) is 5.39. The molecule has 1 aliphatic rings. The standard InChI is InChI=1S/C8H17NO3S/c1-2-8(7-13(9,10)11)3-5-12-6-4-8/h2-7H2,1H3,(H2,9,10,11). The van der Waals surface area contributed by atoms with Crippen LogP contribution in [0.1, 0.15) is 26.2 Å². The van der Waals surface area contributed by atoms with E-state index in [-0.39, 0.29) is 11.2 Å². The van der Waals surface area contributed by atoms with E-state index in [4.69, 9.17) is 9.88 Å². The first kappa shape index (κ1) is 10.9. The van der Waals surface area contributed by atoms with Gasteiger partial charge in [0.2, 0.25) is 10.0 Å². The molecule has 1 saturated heterocycles. The summed E-state index contributed by atoms with van der Waals surface area (Å²) >= 11 is 0. The molecular formula is C8H17NO3S. The largest absolute Gasteiger partial charge is 0.381 e. The van der Waals surface area contributed by atoms with Crippen molar-refractivity contribution in [3.63, 3.8) is 0 Å². The van der Waals surface area contributed by atoms with Crippen molar-refractivity contribution < 1.29 is 13.2 Å². The van der Waals surface area contributed by atoms with Crippen LogP contribution in [0, 0.1) is 5.41 Å². The zero-order valence-corrected chi connectivity index (χ0v) is 8.77. The molecular weight excluding hydrogens is 190 g/mol. The van der Waals surface area contributed by atoms with E-state index >= 15 is 0 Å². The number of hydrogen-bond acceptors (Lipinski definition) is 3. The normalized spacial score (nSPS) is 22.9. The lowest BCUT2D eigenvalue weighted by Gasteiger charge is -2.35. The molecule has 0 radical (unpaired) electrons. The zero-order chi connectivity index (χ0) is 9.95. The molecule has 0 aromatic rings. The summed E-state index contributed by atoms with van der Waals surface area (Å²) in [5, 5.41) is 5.06. The van der Waals surface area contributed by atoms with Crippen LogP contribution in [0.5, 0.6) is 0 Å². The molecule has 0 unspecified atom stereocenters. The summed E-state index contributed by atoms with van der Waals surface area (Å²) < 4.78 is 27.2. The molecule has 13 heavy (non-hydrogen) atoms. The van der Waals surface area contributed by atoms with E-state index in [0.717, 1.165) is 19.3 Å². The summed E-state index contributed by atoms with van der Waals surface area (Å²) in [6.45, 7) is 3.32. The summed E-state index contributed by atoms with van der Waals surface area (Å²) in [7, 11) is -3.35. The Bertz CT molecular complexity index is 255. The van der Waals surface area contributed by atoms with Gasteiger partial charge in [-0.2, -0.15) is 0 Å². The highest BCUT2D eigenvalue weighted by molar-refractivity contribution is 7.89. The van der Waals surface area contributed by atoms with Crippen LogP contribution in [0.15, 0.2) is 0 Å². The lowest BCUT2D eigenvalue weighted by Crippen LogP contribution is -2.38. The molecule has 1 rings (SSSR count). The number of nitrogens with two attached hydrogens (primary N) is 1. The highest BCUT2D eigenvalue weighted by Gasteiger charge is 2.34. The van der Waals surface area contributed by atoms with Gasteiger partial charge in [0.25, 0.3) is 0 Å². The van der Waals surface area contributed by atoms with Crippen molar-refractivity contribution in [1.82, 2.24) is 0 Å². The molecule has 0 atom stereocenters. The fraction of sp³-hybridized carbons (Fsp3) is 1.00. The van der Waals surface area contributed by atoms with Gasteiger partial charge in [0.15, 0.2) is 0 Å². The van der Waals surface area contributed by atoms with Crippen LogP contribution < -0.4 is 5.14 Å². The van der Waals surface area contributed by atoms with Gasteiger partial charge in [0.1, 0.15) is 0 Å². The Morgan fingerprint density at radius 1 is 1.38 bits per heavy atom. The highest BCUT2D eigenvalue weighted by Crippen LogP contribution is 2.34. The molecule has 0 saturated carbocycles. The molecule has 5 heteroatoms. The average molecular weight is 207 g/mol. The van der Waals surface area contributed by atoms with Crippen LogP contribution in [0.4, 0.5) is 0 Å².